The summed E-state index contributed by atoms with van der Waals surface area (Å²) in [5, 5.41) is 4.07. The van der Waals surface area contributed by atoms with Crippen molar-refractivity contribution in [2.45, 2.75) is 0 Å². The van der Waals surface area contributed by atoms with Gasteiger partial charge in [0.15, 0.2) is 0 Å². The minimum atomic E-state index is -2.51. The third-order valence-electron chi connectivity index (χ3n) is 6.26. The number of carbonyl (C=O) groups excluding carboxylic acids is 1. The smallest absolute Gasteiger partial charge is 0.338 e. The molecule has 0 atom stereocenters. The molecule has 4 heteroatoms. The maximum Gasteiger partial charge on any atom is 0.338 e. The molecule has 168 valence electrons. The zero-order chi connectivity index (χ0) is 23.5. The number of carbonyl (C=O) groups is 1. The summed E-state index contributed by atoms with van der Waals surface area (Å²) in [7, 11) is 3.12. The number of hydrogen-bond acceptors (Lipinski definition) is 3. The van der Waals surface area contributed by atoms with E-state index < -0.39 is 6.89 Å². The van der Waals surface area contributed by atoms with E-state index >= 15 is 0 Å². The molecule has 5 rings (SSSR count). The molecule has 0 aromatic heterocycles. The summed E-state index contributed by atoms with van der Waals surface area (Å²) in [5.41, 5.74) is 3.09. The minimum Gasteiger partial charge on any atom is -0.497 e. The second-order valence-corrected chi connectivity index (χ2v) is 11.4. The van der Waals surface area contributed by atoms with Crippen LogP contribution in [0.4, 0.5) is 0 Å². The second-order valence-electron chi connectivity index (χ2n) is 8.03. The fraction of sp³-hybridized carbons (Fsp3) is 0.0667. The number of hydrogen-bond donors (Lipinski definition) is 0. The van der Waals surface area contributed by atoms with Gasteiger partial charge in [-0.2, -0.15) is 0 Å². The molecule has 1 heterocycles. The number of ether oxygens (including phenoxy) is 2. The summed E-state index contributed by atoms with van der Waals surface area (Å²) >= 11 is 0. The number of esters is 1. The van der Waals surface area contributed by atoms with Gasteiger partial charge in [0.2, 0.25) is 0 Å². The van der Waals surface area contributed by atoms with Crippen molar-refractivity contribution >= 4 is 39.6 Å². The maximum atomic E-state index is 13.5. The lowest BCUT2D eigenvalue weighted by Gasteiger charge is -2.36. The molecule has 0 bridgehead atoms. The summed E-state index contributed by atoms with van der Waals surface area (Å²) in [6.45, 7) is -2.51. The molecule has 0 N–H and O–H groups in total. The van der Waals surface area contributed by atoms with Crippen LogP contribution in [0.5, 0.6) is 5.75 Å². The van der Waals surface area contributed by atoms with Crippen molar-refractivity contribution in [3.8, 4) is 5.75 Å². The number of rotatable bonds is 5. The van der Waals surface area contributed by atoms with Gasteiger partial charge in [0, 0.05) is 0 Å². The Morgan fingerprint density at radius 1 is 0.706 bits per heavy atom. The van der Waals surface area contributed by atoms with Gasteiger partial charge in [-0.1, -0.05) is 97.1 Å². The molecule has 0 aliphatic carbocycles. The Morgan fingerprint density at radius 3 is 1.94 bits per heavy atom. The highest BCUT2D eigenvalue weighted by molar-refractivity contribution is 7.97. The molecule has 3 nitrogen and oxygen atoms in total. The summed E-state index contributed by atoms with van der Waals surface area (Å²) < 4.78 is 10.9. The zero-order valence-electron chi connectivity index (χ0n) is 19.1. The van der Waals surface area contributed by atoms with Crippen molar-refractivity contribution in [2.24, 2.45) is 0 Å². The average Bonchev–Trinajstić information content (AvgIpc) is 2.92. The van der Waals surface area contributed by atoms with Crippen LogP contribution >= 0.6 is 6.89 Å². The molecule has 0 radical (unpaired) electrons. The molecular formula is C30H25O3P. The van der Waals surface area contributed by atoms with E-state index in [-0.39, 0.29) is 5.97 Å². The Morgan fingerprint density at radius 2 is 1.32 bits per heavy atom. The first-order valence-corrected chi connectivity index (χ1v) is 12.9. The molecule has 4 aromatic rings. The Hall–Kier alpha value is -3.81. The van der Waals surface area contributed by atoms with Gasteiger partial charge >= 0.3 is 5.97 Å². The van der Waals surface area contributed by atoms with Crippen molar-refractivity contribution in [2.75, 3.05) is 14.2 Å². The summed E-state index contributed by atoms with van der Waals surface area (Å²) in [5.74, 6) is 0.462. The summed E-state index contributed by atoms with van der Waals surface area (Å²) in [6, 6.07) is 37.1. The predicted molar refractivity (Wildman–Crippen MR) is 142 cm³/mol. The molecule has 4 aromatic carbocycles. The standard InChI is InChI=1S/C30H25O3P/c1-32-23-13-11-12-22(20-23)27-21-29(30(31)33-2)34(24-14-5-3-6-15-24,25-16-7-4-8-17-25)28-19-10-9-18-26(27)28/h3-21H,1-2H3. The van der Waals surface area contributed by atoms with Crippen molar-refractivity contribution in [1.29, 1.82) is 0 Å². The van der Waals surface area contributed by atoms with E-state index in [9.17, 15) is 4.79 Å². The Bertz CT molecular complexity index is 1390. The van der Waals surface area contributed by atoms with Gasteiger partial charge in [0.25, 0.3) is 0 Å². The van der Waals surface area contributed by atoms with Crippen molar-refractivity contribution in [3.63, 3.8) is 0 Å². The van der Waals surface area contributed by atoms with E-state index in [1.54, 1.807) is 7.11 Å². The van der Waals surface area contributed by atoms with E-state index in [4.69, 9.17) is 9.47 Å². The van der Waals surface area contributed by atoms with Crippen LogP contribution in [0.15, 0.2) is 115 Å². The van der Waals surface area contributed by atoms with Crippen molar-refractivity contribution in [3.05, 3.63) is 126 Å². The molecule has 0 unspecified atom stereocenters. The van der Waals surface area contributed by atoms with E-state index in [2.05, 4.69) is 54.6 Å². The number of fused-ring (bicyclic) bond motifs is 1. The molecule has 1 aliphatic rings. The van der Waals surface area contributed by atoms with Crippen LogP contribution < -0.4 is 20.7 Å². The van der Waals surface area contributed by atoms with Gasteiger partial charge in [-0.05, 0) is 57.7 Å². The van der Waals surface area contributed by atoms with Crippen LogP contribution in [0.1, 0.15) is 11.1 Å². The van der Waals surface area contributed by atoms with Crippen LogP contribution in [0.3, 0.4) is 0 Å². The zero-order valence-corrected chi connectivity index (χ0v) is 20.0. The first kappa shape index (κ1) is 22.0. The average molecular weight is 465 g/mol. The third-order valence-corrected chi connectivity index (χ3v) is 10.6. The van der Waals surface area contributed by atoms with Crippen molar-refractivity contribution < 1.29 is 14.3 Å². The monoisotopic (exact) mass is 464 g/mol. The van der Waals surface area contributed by atoms with Crippen LogP contribution in [0.2, 0.25) is 0 Å². The molecule has 34 heavy (non-hydrogen) atoms. The lowest BCUT2D eigenvalue weighted by atomic mass is 9.96. The SMILES string of the molecule is COC(=O)C1=P(c2ccccc2)(c2ccccc2)c2ccccc2C(c2cccc(OC)c2)=C1. The summed E-state index contributed by atoms with van der Waals surface area (Å²) in [6.07, 6.45) is 2.04. The highest BCUT2D eigenvalue weighted by Crippen LogP contribution is 2.51. The first-order valence-electron chi connectivity index (χ1n) is 11.1. The lowest BCUT2D eigenvalue weighted by molar-refractivity contribution is -0.132. The fourth-order valence-corrected chi connectivity index (χ4v) is 9.24. The van der Waals surface area contributed by atoms with Crippen LogP contribution in [-0.4, -0.2) is 25.5 Å². The highest BCUT2D eigenvalue weighted by Gasteiger charge is 2.37. The molecule has 0 saturated heterocycles. The lowest BCUT2D eigenvalue weighted by Crippen LogP contribution is -2.37. The third kappa shape index (κ3) is 3.50. The van der Waals surface area contributed by atoms with E-state index in [1.807, 2.05) is 60.7 Å². The number of methoxy groups -OCH3 is 2. The van der Waals surface area contributed by atoms with E-state index in [0.29, 0.717) is 5.29 Å². The van der Waals surface area contributed by atoms with E-state index in [1.165, 1.54) is 7.11 Å². The topological polar surface area (TPSA) is 35.5 Å². The van der Waals surface area contributed by atoms with Gasteiger partial charge in [-0.3, -0.25) is 0 Å². The predicted octanol–water partition coefficient (Wildman–Crippen LogP) is 4.78. The minimum absolute atomic E-state index is 0.309. The quantitative estimate of drug-likeness (QED) is 0.315. The molecule has 1 aliphatic heterocycles. The van der Waals surface area contributed by atoms with Gasteiger partial charge in [0.05, 0.1) is 19.5 Å². The number of benzene rings is 4. The summed E-state index contributed by atoms with van der Waals surface area (Å²) in [4.78, 5) is 13.5. The molecule has 0 saturated carbocycles. The van der Waals surface area contributed by atoms with Crippen LogP contribution in [0, 0.1) is 0 Å². The maximum absolute atomic E-state index is 13.5. The van der Waals surface area contributed by atoms with E-state index in [0.717, 1.165) is 38.4 Å². The fourth-order valence-electron chi connectivity index (χ4n) is 4.77. The largest absolute Gasteiger partial charge is 0.497 e. The van der Waals surface area contributed by atoms with Gasteiger partial charge in [-0.25, -0.2) is 4.79 Å². The van der Waals surface area contributed by atoms with Crippen LogP contribution in [0.25, 0.3) is 5.57 Å². The normalized spacial score (nSPS) is 14.1. The molecular weight excluding hydrogens is 439 g/mol. The van der Waals surface area contributed by atoms with Crippen molar-refractivity contribution in [1.82, 2.24) is 0 Å². The second kappa shape index (κ2) is 9.21. The van der Waals surface area contributed by atoms with Gasteiger partial charge < -0.3 is 9.47 Å². The highest BCUT2D eigenvalue weighted by atomic mass is 31.2. The molecule has 0 spiro atoms. The van der Waals surface area contributed by atoms with Gasteiger partial charge in [-0.15, -0.1) is 0 Å². The Balaban J connectivity index is 1.99. The first-order chi connectivity index (χ1) is 16.7. The molecule has 0 amide bonds. The molecule has 0 fully saturated rings. The Kier molecular flexibility index (Phi) is 5.96. The Labute approximate surface area is 200 Å². The van der Waals surface area contributed by atoms with Crippen LogP contribution in [-0.2, 0) is 9.53 Å². The van der Waals surface area contributed by atoms with Gasteiger partial charge in [0.1, 0.15) is 5.75 Å².